The number of aromatic nitrogens is 2. The SMILES string of the molecule is CCCC[C@@H](CC)C(=O)N1CCCN(c2nc(Cc3cccc(OC)c3)ns2)CC1. The lowest BCUT2D eigenvalue weighted by Gasteiger charge is -2.25. The predicted molar refractivity (Wildman–Crippen MR) is 122 cm³/mol. The van der Waals surface area contributed by atoms with Gasteiger partial charge in [-0.2, -0.15) is 4.37 Å². The Kier molecular flexibility index (Phi) is 8.49. The summed E-state index contributed by atoms with van der Waals surface area (Å²) in [6.45, 7) is 7.67. The number of ether oxygens (including phenoxy) is 1. The van der Waals surface area contributed by atoms with Crippen LogP contribution in [0.1, 0.15) is 57.3 Å². The molecule has 0 bridgehead atoms. The maximum absolute atomic E-state index is 13.0. The van der Waals surface area contributed by atoms with Gasteiger partial charge in [-0.05, 0) is 37.0 Å². The van der Waals surface area contributed by atoms with Gasteiger partial charge in [0.05, 0.1) is 7.11 Å². The van der Waals surface area contributed by atoms with Crippen LogP contribution in [-0.2, 0) is 11.2 Å². The molecule has 30 heavy (non-hydrogen) atoms. The maximum Gasteiger partial charge on any atom is 0.225 e. The zero-order valence-corrected chi connectivity index (χ0v) is 19.3. The first-order valence-electron chi connectivity index (χ1n) is 11.1. The molecule has 0 aliphatic carbocycles. The van der Waals surface area contributed by atoms with Gasteiger partial charge in [-0.25, -0.2) is 4.98 Å². The highest BCUT2D eigenvalue weighted by Gasteiger charge is 2.25. The van der Waals surface area contributed by atoms with Crippen molar-refractivity contribution in [1.29, 1.82) is 0 Å². The van der Waals surface area contributed by atoms with Crippen LogP contribution >= 0.6 is 11.5 Å². The van der Waals surface area contributed by atoms with Crippen LogP contribution in [0.5, 0.6) is 5.75 Å². The van der Waals surface area contributed by atoms with Crippen molar-refractivity contribution in [2.24, 2.45) is 5.92 Å². The number of nitrogens with zero attached hydrogens (tertiary/aromatic N) is 4. The average Bonchev–Trinajstić information content (AvgIpc) is 3.08. The fourth-order valence-corrected chi connectivity index (χ4v) is 4.69. The van der Waals surface area contributed by atoms with E-state index in [1.807, 2.05) is 18.2 Å². The quantitative estimate of drug-likeness (QED) is 0.590. The van der Waals surface area contributed by atoms with Crippen molar-refractivity contribution in [3.05, 3.63) is 35.7 Å². The van der Waals surface area contributed by atoms with Crippen molar-refractivity contribution in [2.75, 3.05) is 38.2 Å². The topological polar surface area (TPSA) is 58.6 Å². The van der Waals surface area contributed by atoms with Gasteiger partial charge in [0.1, 0.15) is 11.6 Å². The number of carbonyl (C=O) groups is 1. The van der Waals surface area contributed by atoms with Gasteiger partial charge in [0.15, 0.2) is 0 Å². The second kappa shape index (κ2) is 11.3. The molecule has 2 heterocycles. The molecule has 1 saturated heterocycles. The zero-order chi connectivity index (χ0) is 21.3. The third-order valence-electron chi connectivity index (χ3n) is 5.78. The first kappa shape index (κ1) is 22.5. The van der Waals surface area contributed by atoms with Crippen LogP contribution in [0.4, 0.5) is 5.13 Å². The summed E-state index contributed by atoms with van der Waals surface area (Å²) in [5, 5.41) is 0.959. The van der Waals surface area contributed by atoms with E-state index >= 15 is 0 Å². The lowest BCUT2D eigenvalue weighted by atomic mass is 9.97. The first-order chi connectivity index (χ1) is 14.6. The Labute approximate surface area is 184 Å². The number of unbranched alkanes of at least 4 members (excludes halogenated alkanes) is 1. The molecule has 1 fully saturated rings. The van der Waals surface area contributed by atoms with E-state index in [2.05, 4.69) is 34.1 Å². The van der Waals surface area contributed by atoms with Crippen molar-refractivity contribution in [1.82, 2.24) is 14.3 Å². The maximum atomic E-state index is 13.0. The monoisotopic (exact) mass is 430 g/mol. The Morgan fingerprint density at radius 2 is 2.10 bits per heavy atom. The van der Waals surface area contributed by atoms with Crippen molar-refractivity contribution >= 4 is 22.6 Å². The number of benzene rings is 1. The molecular weight excluding hydrogens is 396 g/mol. The summed E-state index contributed by atoms with van der Waals surface area (Å²) >= 11 is 1.46. The molecule has 1 amide bonds. The van der Waals surface area contributed by atoms with E-state index in [0.717, 1.165) is 80.6 Å². The summed E-state index contributed by atoms with van der Waals surface area (Å²) in [6.07, 6.45) is 5.89. The van der Waals surface area contributed by atoms with E-state index in [-0.39, 0.29) is 5.92 Å². The first-order valence-corrected chi connectivity index (χ1v) is 11.9. The molecule has 0 spiro atoms. The number of amides is 1. The van der Waals surface area contributed by atoms with E-state index in [1.165, 1.54) is 11.5 Å². The molecule has 0 N–H and O–H groups in total. The van der Waals surface area contributed by atoms with Gasteiger partial charge in [0, 0.05) is 50.1 Å². The third-order valence-corrected chi connectivity index (χ3v) is 6.59. The highest BCUT2D eigenvalue weighted by molar-refractivity contribution is 7.09. The molecular formula is C23H34N4O2S. The van der Waals surface area contributed by atoms with E-state index in [9.17, 15) is 4.79 Å². The summed E-state index contributed by atoms with van der Waals surface area (Å²) < 4.78 is 9.87. The van der Waals surface area contributed by atoms with Crippen LogP contribution in [0.2, 0.25) is 0 Å². The minimum atomic E-state index is 0.174. The Hall–Kier alpha value is -2.15. The Morgan fingerprint density at radius 3 is 2.87 bits per heavy atom. The minimum absolute atomic E-state index is 0.174. The Balaban J connectivity index is 1.58. The second-order valence-electron chi connectivity index (χ2n) is 7.93. The molecule has 164 valence electrons. The fraction of sp³-hybridized carbons (Fsp3) is 0.609. The lowest BCUT2D eigenvalue weighted by Crippen LogP contribution is -2.39. The van der Waals surface area contributed by atoms with Gasteiger partial charge in [-0.15, -0.1) is 0 Å². The van der Waals surface area contributed by atoms with Crippen molar-refractivity contribution in [3.63, 3.8) is 0 Å². The van der Waals surface area contributed by atoms with Crippen molar-refractivity contribution < 1.29 is 9.53 Å². The van der Waals surface area contributed by atoms with Crippen LogP contribution in [-0.4, -0.2) is 53.5 Å². The largest absolute Gasteiger partial charge is 0.497 e. The summed E-state index contributed by atoms with van der Waals surface area (Å²) in [5.74, 6) is 2.20. The summed E-state index contributed by atoms with van der Waals surface area (Å²) in [5.41, 5.74) is 1.14. The van der Waals surface area contributed by atoms with Gasteiger partial charge < -0.3 is 14.5 Å². The van der Waals surface area contributed by atoms with Crippen molar-refractivity contribution in [2.45, 2.75) is 52.4 Å². The van der Waals surface area contributed by atoms with Crippen LogP contribution in [0.25, 0.3) is 0 Å². The Bertz CT molecular complexity index is 810. The van der Waals surface area contributed by atoms with E-state index < -0.39 is 0 Å². The average molecular weight is 431 g/mol. The van der Waals surface area contributed by atoms with Crippen molar-refractivity contribution in [3.8, 4) is 5.75 Å². The standard InChI is InChI=1S/C23H34N4O2S/c1-4-6-10-19(5-2)22(28)26-12-8-13-27(15-14-26)23-24-21(25-30-23)17-18-9-7-11-20(16-18)29-3/h7,9,11,16,19H,4-6,8,10,12-15,17H2,1-3H3/t19-/m1/s1. The molecule has 1 aromatic carbocycles. The van der Waals surface area contributed by atoms with E-state index in [4.69, 9.17) is 9.72 Å². The number of rotatable bonds is 9. The van der Waals surface area contributed by atoms with E-state index in [0.29, 0.717) is 12.3 Å². The molecule has 1 aromatic heterocycles. The third kappa shape index (κ3) is 5.94. The highest BCUT2D eigenvalue weighted by atomic mass is 32.1. The van der Waals surface area contributed by atoms with Gasteiger partial charge in [-0.3, -0.25) is 4.79 Å². The number of hydrogen-bond donors (Lipinski definition) is 0. The molecule has 0 saturated carbocycles. The van der Waals surface area contributed by atoms with Gasteiger partial charge >= 0.3 is 0 Å². The highest BCUT2D eigenvalue weighted by Crippen LogP contribution is 2.23. The van der Waals surface area contributed by atoms with Crippen LogP contribution in [0, 0.1) is 5.92 Å². The predicted octanol–water partition coefficient (Wildman–Crippen LogP) is 4.39. The molecule has 1 atom stereocenters. The summed E-state index contributed by atoms with van der Waals surface area (Å²) in [4.78, 5) is 22.1. The number of hydrogen-bond acceptors (Lipinski definition) is 6. The van der Waals surface area contributed by atoms with Crippen LogP contribution in [0.15, 0.2) is 24.3 Å². The van der Waals surface area contributed by atoms with Gasteiger partial charge in [0.2, 0.25) is 11.0 Å². The molecule has 6 nitrogen and oxygen atoms in total. The number of carbonyl (C=O) groups excluding carboxylic acids is 1. The molecule has 2 aromatic rings. The Morgan fingerprint density at radius 1 is 1.23 bits per heavy atom. The molecule has 3 rings (SSSR count). The molecule has 0 radical (unpaired) electrons. The molecule has 1 aliphatic heterocycles. The number of methoxy groups -OCH3 is 1. The molecule has 0 unspecified atom stereocenters. The normalized spacial score (nSPS) is 15.7. The fourth-order valence-electron chi connectivity index (χ4n) is 3.95. The van der Waals surface area contributed by atoms with E-state index in [1.54, 1.807) is 7.11 Å². The van der Waals surface area contributed by atoms with Gasteiger partial charge in [0.25, 0.3) is 0 Å². The van der Waals surface area contributed by atoms with Crippen LogP contribution in [0.3, 0.4) is 0 Å². The zero-order valence-electron chi connectivity index (χ0n) is 18.5. The minimum Gasteiger partial charge on any atom is -0.497 e. The smallest absolute Gasteiger partial charge is 0.225 e. The van der Waals surface area contributed by atoms with Gasteiger partial charge in [-0.1, -0.05) is 38.8 Å². The number of anilines is 1. The molecule has 1 aliphatic rings. The summed E-state index contributed by atoms with van der Waals surface area (Å²) in [7, 11) is 1.68. The second-order valence-corrected chi connectivity index (χ2v) is 8.67. The van der Waals surface area contributed by atoms with Crippen LogP contribution < -0.4 is 9.64 Å². The lowest BCUT2D eigenvalue weighted by molar-refractivity contribution is -0.135. The summed E-state index contributed by atoms with van der Waals surface area (Å²) in [6, 6.07) is 8.03. The molecule has 7 heteroatoms.